The Labute approximate surface area is 193 Å². The Balaban J connectivity index is 1.35. The minimum absolute atomic E-state index is 0.134. The van der Waals surface area contributed by atoms with Crippen molar-refractivity contribution in [2.75, 3.05) is 11.9 Å². The molecular formula is C24H17ClN6O2. The molecule has 0 spiro atoms. The average Bonchev–Trinajstić information content (AvgIpc) is 3.27. The highest BCUT2D eigenvalue weighted by molar-refractivity contribution is 6.30. The van der Waals surface area contributed by atoms with Crippen LogP contribution in [-0.2, 0) is 4.79 Å². The van der Waals surface area contributed by atoms with Crippen LogP contribution < -0.4 is 10.1 Å². The number of nitrogens with one attached hydrogen (secondary N) is 1. The number of anilines is 1. The van der Waals surface area contributed by atoms with Crippen molar-refractivity contribution in [3.8, 4) is 28.4 Å². The standard InChI is InChI=1S/C24H17ClN6O2/c25-18-4-2-6-20(14-18)33-15-23(32)27-19-5-1-3-17(13-19)21-7-8-22-28-29-24(31(22)30-21)16-9-11-26-12-10-16/h1-14H,15H2,(H,27,32). The topological polar surface area (TPSA) is 94.3 Å². The lowest BCUT2D eigenvalue weighted by Gasteiger charge is -2.09. The van der Waals surface area contributed by atoms with Crippen molar-refractivity contribution >= 4 is 28.8 Å². The molecule has 0 aliphatic heterocycles. The fraction of sp³-hybridized carbons (Fsp3) is 0.0417. The van der Waals surface area contributed by atoms with E-state index in [4.69, 9.17) is 21.4 Å². The number of ether oxygens (including phenoxy) is 1. The molecule has 1 amide bonds. The van der Waals surface area contributed by atoms with E-state index in [2.05, 4.69) is 20.5 Å². The summed E-state index contributed by atoms with van der Waals surface area (Å²) in [5.74, 6) is 0.869. The van der Waals surface area contributed by atoms with Gasteiger partial charge in [-0.05, 0) is 54.6 Å². The quantitative estimate of drug-likeness (QED) is 0.403. The van der Waals surface area contributed by atoms with Gasteiger partial charge in [-0.2, -0.15) is 9.61 Å². The number of nitrogens with zero attached hydrogens (tertiary/aromatic N) is 5. The lowest BCUT2D eigenvalue weighted by Crippen LogP contribution is -2.20. The van der Waals surface area contributed by atoms with E-state index in [1.807, 2.05) is 42.5 Å². The summed E-state index contributed by atoms with van der Waals surface area (Å²) in [6, 6.07) is 21.8. The van der Waals surface area contributed by atoms with Crippen molar-refractivity contribution in [2.24, 2.45) is 0 Å². The van der Waals surface area contributed by atoms with Crippen LogP contribution in [0.3, 0.4) is 0 Å². The molecule has 3 aromatic heterocycles. The molecule has 0 unspecified atom stereocenters. The first-order valence-corrected chi connectivity index (χ1v) is 10.4. The van der Waals surface area contributed by atoms with Gasteiger partial charge in [-0.3, -0.25) is 9.78 Å². The number of carbonyl (C=O) groups is 1. The van der Waals surface area contributed by atoms with E-state index in [0.29, 0.717) is 33.6 Å². The van der Waals surface area contributed by atoms with Gasteiger partial charge in [0.15, 0.2) is 18.1 Å². The first-order valence-electron chi connectivity index (χ1n) is 10.1. The van der Waals surface area contributed by atoms with Gasteiger partial charge in [0.1, 0.15) is 5.75 Å². The van der Waals surface area contributed by atoms with Crippen LogP contribution in [0, 0.1) is 0 Å². The number of benzene rings is 2. The number of carbonyl (C=O) groups excluding carboxylic acids is 1. The first-order chi connectivity index (χ1) is 16.2. The number of amides is 1. The van der Waals surface area contributed by atoms with Crippen molar-refractivity contribution in [1.82, 2.24) is 24.8 Å². The highest BCUT2D eigenvalue weighted by Crippen LogP contribution is 2.23. The number of fused-ring (bicyclic) bond motifs is 1. The van der Waals surface area contributed by atoms with Gasteiger partial charge in [0.05, 0.1) is 5.69 Å². The number of aromatic nitrogens is 5. The van der Waals surface area contributed by atoms with Crippen LogP contribution >= 0.6 is 11.6 Å². The summed E-state index contributed by atoms with van der Waals surface area (Å²) in [5.41, 5.74) is 3.67. The molecule has 0 fully saturated rings. The molecule has 3 heterocycles. The van der Waals surface area contributed by atoms with Gasteiger partial charge < -0.3 is 10.1 Å². The first kappa shape index (κ1) is 20.6. The zero-order chi connectivity index (χ0) is 22.6. The number of halogens is 1. The highest BCUT2D eigenvalue weighted by atomic mass is 35.5. The molecule has 0 saturated carbocycles. The number of rotatable bonds is 6. The summed E-state index contributed by atoms with van der Waals surface area (Å²) < 4.78 is 7.19. The summed E-state index contributed by atoms with van der Waals surface area (Å²) in [4.78, 5) is 16.4. The van der Waals surface area contributed by atoms with Crippen LogP contribution in [-0.4, -0.2) is 37.3 Å². The van der Waals surface area contributed by atoms with Gasteiger partial charge in [-0.1, -0.05) is 29.8 Å². The molecular weight excluding hydrogens is 440 g/mol. The second-order valence-corrected chi connectivity index (χ2v) is 7.56. The molecule has 9 heteroatoms. The van der Waals surface area contributed by atoms with Crippen LogP contribution in [0.15, 0.2) is 85.2 Å². The molecule has 5 aromatic rings. The average molecular weight is 457 g/mol. The summed E-state index contributed by atoms with van der Waals surface area (Å²) in [6.45, 7) is -0.134. The summed E-state index contributed by atoms with van der Waals surface area (Å²) in [5, 5.41) is 16.5. The second kappa shape index (κ2) is 9.05. The third-order valence-corrected chi connectivity index (χ3v) is 5.04. The molecule has 0 aliphatic rings. The van der Waals surface area contributed by atoms with Crippen LogP contribution in [0.5, 0.6) is 5.75 Å². The second-order valence-electron chi connectivity index (χ2n) is 7.12. The van der Waals surface area contributed by atoms with Crippen LogP contribution in [0.4, 0.5) is 5.69 Å². The fourth-order valence-corrected chi connectivity index (χ4v) is 3.46. The monoisotopic (exact) mass is 456 g/mol. The molecule has 33 heavy (non-hydrogen) atoms. The zero-order valence-electron chi connectivity index (χ0n) is 17.2. The Morgan fingerprint density at radius 3 is 2.64 bits per heavy atom. The fourth-order valence-electron chi connectivity index (χ4n) is 3.28. The molecule has 0 aliphatic carbocycles. The highest BCUT2D eigenvalue weighted by Gasteiger charge is 2.11. The van der Waals surface area contributed by atoms with Crippen LogP contribution in [0.1, 0.15) is 0 Å². The maximum Gasteiger partial charge on any atom is 0.262 e. The number of hydrogen-bond donors (Lipinski definition) is 1. The van der Waals surface area contributed by atoms with Gasteiger partial charge in [0.25, 0.3) is 5.91 Å². The van der Waals surface area contributed by atoms with Crippen molar-refractivity contribution in [2.45, 2.75) is 0 Å². The van der Waals surface area contributed by atoms with Crippen molar-refractivity contribution in [3.05, 3.63) is 90.2 Å². The van der Waals surface area contributed by atoms with Crippen molar-refractivity contribution < 1.29 is 9.53 Å². The molecule has 0 bridgehead atoms. The SMILES string of the molecule is O=C(COc1cccc(Cl)c1)Nc1cccc(-c2ccc3nnc(-c4ccncc4)n3n2)c1. The number of hydrogen-bond acceptors (Lipinski definition) is 6. The van der Waals surface area contributed by atoms with Crippen molar-refractivity contribution in [3.63, 3.8) is 0 Å². The minimum atomic E-state index is -0.283. The van der Waals surface area contributed by atoms with Gasteiger partial charge in [-0.25, -0.2) is 0 Å². The largest absolute Gasteiger partial charge is 0.484 e. The van der Waals surface area contributed by atoms with Gasteiger partial charge in [0.2, 0.25) is 0 Å². The Kier molecular flexibility index (Phi) is 5.65. The van der Waals surface area contributed by atoms with E-state index in [9.17, 15) is 4.79 Å². The summed E-state index contributed by atoms with van der Waals surface area (Å²) in [6.07, 6.45) is 3.39. The minimum Gasteiger partial charge on any atom is -0.484 e. The Morgan fingerprint density at radius 1 is 0.939 bits per heavy atom. The zero-order valence-corrected chi connectivity index (χ0v) is 18.0. The lowest BCUT2D eigenvalue weighted by molar-refractivity contribution is -0.118. The summed E-state index contributed by atoms with van der Waals surface area (Å²) in [7, 11) is 0. The van der Waals surface area contributed by atoms with E-state index in [0.717, 1.165) is 11.1 Å². The van der Waals surface area contributed by atoms with Crippen LogP contribution in [0.25, 0.3) is 28.3 Å². The van der Waals surface area contributed by atoms with Gasteiger partial charge >= 0.3 is 0 Å². The maximum absolute atomic E-state index is 12.3. The third-order valence-electron chi connectivity index (χ3n) is 4.81. The molecule has 162 valence electrons. The predicted octanol–water partition coefficient (Wildman–Crippen LogP) is 4.52. The third kappa shape index (κ3) is 4.65. The van der Waals surface area contributed by atoms with Crippen molar-refractivity contribution in [1.29, 1.82) is 0 Å². The molecule has 0 atom stereocenters. The molecule has 0 saturated heterocycles. The molecule has 5 rings (SSSR count). The van der Waals surface area contributed by atoms with E-state index in [1.165, 1.54) is 0 Å². The number of pyridine rings is 1. The molecule has 1 N–H and O–H groups in total. The van der Waals surface area contributed by atoms with E-state index in [-0.39, 0.29) is 12.5 Å². The Hall–Kier alpha value is -4.30. The maximum atomic E-state index is 12.3. The molecule has 0 radical (unpaired) electrons. The Bertz CT molecular complexity index is 1440. The normalized spacial score (nSPS) is 10.8. The predicted molar refractivity (Wildman–Crippen MR) is 125 cm³/mol. The van der Waals surface area contributed by atoms with Gasteiger partial charge in [0, 0.05) is 34.2 Å². The van der Waals surface area contributed by atoms with Gasteiger partial charge in [-0.15, -0.1) is 10.2 Å². The molecule has 8 nitrogen and oxygen atoms in total. The van der Waals surface area contributed by atoms with E-state index >= 15 is 0 Å². The van der Waals surface area contributed by atoms with Crippen LogP contribution in [0.2, 0.25) is 5.02 Å². The lowest BCUT2D eigenvalue weighted by atomic mass is 10.1. The summed E-state index contributed by atoms with van der Waals surface area (Å²) >= 11 is 5.94. The van der Waals surface area contributed by atoms with E-state index in [1.54, 1.807) is 47.2 Å². The van der Waals surface area contributed by atoms with E-state index < -0.39 is 0 Å². The molecule has 2 aromatic carbocycles. The smallest absolute Gasteiger partial charge is 0.262 e. The Morgan fingerprint density at radius 2 is 1.79 bits per heavy atom.